The predicted molar refractivity (Wildman–Crippen MR) is 105 cm³/mol. The molecule has 0 bridgehead atoms. The Morgan fingerprint density at radius 1 is 1.30 bits per heavy atom. The zero-order chi connectivity index (χ0) is 19.2. The molecule has 0 saturated carbocycles. The largest absolute Gasteiger partial charge is 0.441 e. The Balaban J connectivity index is 1.40. The molecule has 1 aromatic carbocycles. The molecule has 6 nitrogen and oxygen atoms in total. The summed E-state index contributed by atoms with van der Waals surface area (Å²) < 4.78 is 11.4. The van der Waals surface area contributed by atoms with Gasteiger partial charge in [0.25, 0.3) is 0 Å². The third-order valence-corrected chi connectivity index (χ3v) is 4.83. The van der Waals surface area contributed by atoms with Crippen molar-refractivity contribution in [2.24, 2.45) is 0 Å². The zero-order valence-electron chi connectivity index (χ0n) is 15.8. The van der Waals surface area contributed by atoms with Crippen molar-refractivity contribution in [1.82, 2.24) is 15.2 Å². The lowest BCUT2D eigenvalue weighted by Crippen LogP contribution is -2.47. The molecule has 1 aliphatic heterocycles. The quantitative estimate of drug-likeness (QED) is 0.785. The first-order valence-corrected chi connectivity index (χ1v) is 9.73. The zero-order valence-corrected chi connectivity index (χ0v) is 16.5. The van der Waals surface area contributed by atoms with Crippen molar-refractivity contribution in [3.05, 3.63) is 41.4 Å². The summed E-state index contributed by atoms with van der Waals surface area (Å²) in [5, 5.41) is 3.58. The fourth-order valence-electron chi connectivity index (χ4n) is 3.34. The molecule has 7 heteroatoms. The number of ether oxygens (including phenoxy) is 1. The van der Waals surface area contributed by atoms with E-state index in [-0.39, 0.29) is 18.1 Å². The van der Waals surface area contributed by atoms with E-state index in [0.717, 1.165) is 25.2 Å². The van der Waals surface area contributed by atoms with Crippen molar-refractivity contribution < 1.29 is 13.9 Å². The average molecular weight is 392 g/mol. The summed E-state index contributed by atoms with van der Waals surface area (Å²) in [5.74, 6) is 1.16. The number of carbonyl (C=O) groups is 1. The lowest BCUT2D eigenvalue weighted by molar-refractivity contribution is -0.121. The number of carbonyl (C=O) groups excluding carboxylic acids is 1. The summed E-state index contributed by atoms with van der Waals surface area (Å²) in [4.78, 5) is 18.6. The second-order valence-corrected chi connectivity index (χ2v) is 7.37. The monoisotopic (exact) mass is 391 g/mol. The summed E-state index contributed by atoms with van der Waals surface area (Å²) in [6, 6.07) is 7.45. The highest BCUT2D eigenvalue weighted by Crippen LogP contribution is 2.28. The van der Waals surface area contributed by atoms with Crippen LogP contribution in [0.25, 0.3) is 11.3 Å². The number of amides is 1. The van der Waals surface area contributed by atoms with E-state index in [1.807, 2.05) is 24.3 Å². The number of nitrogens with one attached hydrogen (secondary N) is 1. The van der Waals surface area contributed by atoms with E-state index >= 15 is 0 Å². The predicted octanol–water partition coefficient (Wildman–Crippen LogP) is 3.15. The minimum atomic E-state index is 0.00171. The van der Waals surface area contributed by atoms with Crippen molar-refractivity contribution in [2.75, 3.05) is 26.2 Å². The average Bonchev–Trinajstić information content (AvgIpc) is 3.08. The molecule has 1 amide bonds. The number of hydrogen-bond acceptors (Lipinski definition) is 5. The minimum absolute atomic E-state index is 0.00171. The molecular weight excluding hydrogens is 366 g/mol. The van der Waals surface area contributed by atoms with E-state index < -0.39 is 0 Å². The van der Waals surface area contributed by atoms with Crippen molar-refractivity contribution in [3.8, 4) is 11.3 Å². The number of aromatic nitrogens is 1. The molecule has 0 spiro atoms. The maximum Gasteiger partial charge on any atom is 0.220 e. The van der Waals surface area contributed by atoms with Crippen LogP contribution >= 0.6 is 11.6 Å². The third kappa shape index (κ3) is 5.79. The van der Waals surface area contributed by atoms with Crippen LogP contribution in [0.1, 0.15) is 26.2 Å². The Hall–Kier alpha value is -1.89. The second-order valence-electron chi connectivity index (χ2n) is 6.96. The van der Waals surface area contributed by atoms with Crippen LogP contribution in [0.15, 0.2) is 34.9 Å². The topological polar surface area (TPSA) is 67.6 Å². The van der Waals surface area contributed by atoms with Gasteiger partial charge in [-0.3, -0.25) is 9.69 Å². The van der Waals surface area contributed by atoms with E-state index in [4.69, 9.17) is 20.8 Å². The van der Waals surface area contributed by atoms with Gasteiger partial charge in [0.05, 0.1) is 23.4 Å². The van der Waals surface area contributed by atoms with Crippen LogP contribution in [0, 0.1) is 0 Å². The Labute approximate surface area is 164 Å². The number of halogens is 1. The Bertz CT molecular complexity index is 754. The molecule has 27 heavy (non-hydrogen) atoms. The standard InChI is InChI=1S/C20H26ClN3O3/c1-14-12-24(13-15(2)26-14)10-9-22-19(25)7-8-20-23-11-18(27-20)16-5-3-4-6-17(16)21/h3-6,11,14-15H,7-10,12-13H2,1-2H3,(H,22,25). The van der Waals surface area contributed by atoms with Gasteiger partial charge in [-0.15, -0.1) is 0 Å². The van der Waals surface area contributed by atoms with Crippen molar-refractivity contribution in [2.45, 2.75) is 38.9 Å². The Morgan fingerprint density at radius 2 is 2.04 bits per heavy atom. The molecule has 2 unspecified atom stereocenters. The van der Waals surface area contributed by atoms with E-state index in [9.17, 15) is 4.79 Å². The molecule has 1 fully saturated rings. The highest BCUT2D eigenvalue weighted by Gasteiger charge is 2.21. The SMILES string of the molecule is CC1CN(CCNC(=O)CCc2ncc(-c3ccccc3Cl)o2)CC(C)O1. The minimum Gasteiger partial charge on any atom is -0.441 e. The number of aryl methyl sites for hydroxylation is 1. The molecular formula is C20H26ClN3O3. The summed E-state index contributed by atoms with van der Waals surface area (Å²) >= 11 is 6.17. The normalized spacial score (nSPS) is 20.6. The van der Waals surface area contributed by atoms with Crippen LogP contribution in [0.4, 0.5) is 0 Å². The number of oxazole rings is 1. The fraction of sp³-hybridized carbons (Fsp3) is 0.500. The van der Waals surface area contributed by atoms with E-state index in [2.05, 4.69) is 29.0 Å². The number of morpholine rings is 1. The molecule has 1 aliphatic rings. The van der Waals surface area contributed by atoms with Gasteiger partial charge in [-0.2, -0.15) is 0 Å². The van der Waals surface area contributed by atoms with Crippen LogP contribution in [0.3, 0.4) is 0 Å². The molecule has 1 aromatic heterocycles. The van der Waals surface area contributed by atoms with Crippen LogP contribution in [-0.2, 0) is 16.0 Å². The maximum absolute atomic E-state index is 12.1. The van der Waals surface area contributed by atoms with Gasteiger partial charge in [-0.1, -0.05) is 23.7 Å². The summed E-state index contributed by atoms with van der Waals surface area (Å²) in [6.07, 6.45) is 2.93. The third-order valence-electron chi connectivity index (χ3n) is 4.50. The molecule has 0 aliphatic carbocycles. The molecule has 146 valence electrons. The van der Waals surface area contributed by atoms with Crippen molar-refractivity contribution in [1.29, 1.82) is 0 Å². The Kier molecular flexibility index (Phi) is 6.88. The Morgan fingerprint density at radius 3 is 2.78 bits per heavy atom. The molecule has 2 heterocycles. The van der Waals surface area contributed by atoms with Crippen molar-refractivity contribution in [3.63, 3.8) is 0 Å². The van der Waals surface area contributed by atoms with Gasteiger partial charge < -0.3 is 14.5 Å². The summed E-state index contributed by atoms with van der Waals surface area (Å²) in [5.41, 5.74) is 0.802. The molecule has 0 radical (unpaired) electrons. The van der Waals surface area contributed by atoms with Crippen LogP contribution < -0.4 is 5.32 Å². The van der Waals surface area contributed by atoms with E-state index in [0.29, 0.717) is 36.1 Å². The van der Waals surface area contributed by atoms with Crippen molar-refractivity contribution >= 4 is 17.5 Å². The fourth-order valence-corrected chi connectivity index (χ4v) is 3.57. The number of benzene rings is 1. The highest BCUT2D eigenvalue weighted by molar-refractivity contribution is 6.33. The van der Waals surface area contributed by atoms with Crippen LogP contribution in [-0.4, -0.2) is 54.2 Å². The lowest BCUT2D eigenvalue weighted by Gasteiger charge is -2.35. The first kappa shape index (κ1) is 19.9. The summed E-state index contributed by atoms with van der Waals surface area (Å²) in [7, 11) is 0. The molecule has 1 saturated heterocycles. The second kappa shape index (κ2) is 9.35. The lowest BCUT2D eigenvalue weighted by atomic mass is 10.2. The van der Waals surface area contributed by atoms with Gasteiger partial charge in [-0.05, 0) is 26.0 Å². The maximum atomic E-state index is 12.1. The molecule has 2 aromatic rings. The van der Waals surface area contributed by atoms with Gasteiger partial charge in [0, 0.05) is 44.6 Å². The van der Waals surface area contributed by atoms with Gasteiger partial charge in [0.2, 0.25) is 5.91 Å². The van der Waals surface area contributed by atoms with E-state index in [1.165, 1.54) is 0 Å². The number of rotatable bonds is 7. The van der Waals surface area contributed by atoms with E-state index in [1.54, 1.807) is 6.20 Å². The van der Waals surface area contributed by atoms with Gasteiger partial charge in [0.1, 0.15) is 0 Å². The number of hydrogen-bond donors (Lipinski definition) is 1. The smallest absolute Gasteiger partial charge is 0.220 e. The summed E-state index contributed by atoms with van der Waals surface area (Å²) in [6.45, 7) is 7.43. The first-order valence-electron chi connectivity index (χ1n) is 9.35. The molecule has 3 rings (SSSR count). The highest BCUT2D eigenvalue weighted by atomic mass is 35.5. The number of nitrogens with zero attached hydrogens (tertiary/aromatic N) is 2. The molecule has 1 N–H and O–H groups in total. The van der Waals surface area contributed by atoms with Crippen LogP contribution in [0.2, 0.25) is 5.02 Å². The van der Waals surface area contributed by atoms with Gasteiger partial charge >= 0.3 is 0 Å². The van der Waals surface area contributed by atoms with Gasteiger partial charge in [-0.25, -0.2) is 4.98 Å². The van der Waals surface area contributed by atoms with Crippen LogP contribution in [0.5, 0.6) is 0 Å². The van der Waals surface area contributed by atoms with Gasteiger partial charge in [0.15, 0.2) is 11.7 Å². The molecule has 2 atom stereocenters. The first-order chi connectivity index (χ1) is 13.0.